The predicted octanol–water partition coefficient (Wildman–Crippen LogP) is 3.89. The molecule has 9 heteroatoms. The molecule has 2 fully saturated rings. The summed E-state index contributed by atoms with van der Waals surface area (Å²) >= 11 is 0. The first kappa shape index (κ1) is 30.0. The van der Waals surface area contributed by atoms with E-state index in [1.807, 2.05) is 0 Å². The molecule has 2 saturated heterocycles. The highest BCUT2D eigenvalue weighted by molar-refractivity contribution is 5.69. The number of aliphatic hydroxyl groups excluding tert-OH is 1. The Balaban J connectivity index is 1.42. The van der Waals surface area contributed by atoms with E-state index in [1.54, 1.807) is 0 Å². The minimum Gasteiger partial charge on any atom is -0.469 e. The second-order valence-corrected chi connectivity index (χ2v) is 9.74. The number of carbonyl (C=O) groups is 2. The van der Waals surface area contributed by atoms with Crippen molar-refractivity contribution in [1.82, 2.24) is 0 Å². The van der Waals surface area contributed by atoms with Crippen LogP contribution in [0.3, 0.4) is 0 Å². The van der Waals surface area contributed by atoms with E-state index >= 15 is 0 Å². The lowest BCUT2D eigenvalue weighted by molar-refractivity contribution is -0.304. The quantitative estimate of drug-likeness (QED) is 0.220. The summed E-state index contributed by atoms with van der Waals surface area (Å²) in [6.45, 7) is 2.36. The Morgan fingerprint density at radius 1 is 0.714 bits per heavy atom. The summed E-state index contributed by atoms with van der Waals surface area (Å²) in [6, 6.07) is 0. The molecule has 2 heterocycles. The lowest BCUT2D eigenvalue weighted by Gasteiger charge is -2.43. The third-order valence-electron chi connectivity index (χ3n) is 6.53. The average Bonchev–Trinajstić information content (AvgIpc) is 2.88. The molecular formula is C26H46O9. The van der Waals surface area contributed by atoms with Gasteiger partial charge >= 0.3 is 11.9 Å². The number of carbonyl (C=O) groups excluding carboxylic acids is 2. The summed E-state index contributed by atoms with van der Waals surface area (Å²) in [4.78, 5) is 22.5. The molecule has 0 aromatic carbocycles. The van der Waals surface area contributed by atoms with Gasteiger partial charge in [-0.15, -0.1) is 0 Å². The van der Waals surface area contributed by atoms with Crippen LogP contribution in [0.4, 0.5) is 0 Å². The van der Waals surface area contributed by atoms with Gasteiger partial charge in [-0.25, -0.2) is 0 Å². The van der Waals surface area contributed by atoms with E-state index in [1.165, 1.54) is 7.11 Å². The molecule has 0 amide bonds. The lowest BCUT2D eigenvalue weighted by atomic mass is 9.90. The average molecular weight is 503 g/mol. The first-order valence-corrected chi connectivity index (χ1v) is 13.4. The van der Waals surface area contributed by atoms with E-state index in [9.17, 15) is 9.59 Å². The Hall–Kier alpha value is -1.26. The highest BCUT2D eigenvalue weighted by atomic mass is 16.7. The lowest BCUT2D eigenvalue weighted by Crippen LogP contribution is -2.52. The first-order chi connectivity index (χ1) is 17.1. The van der Waals surface area contributed by atoms with Gasteiger partial charge in [0, 0.05) is 12.8 Å². The normalized spacial score (nSPS) is 24.4. The highest BCUT2D eigenvalue weighted by Gasteiger charge is 2.41. The van der Waals surface area contributed by atoms with E-state index in [-0.39, 0.29) is 43.1 Å². The van der Waals surface area contributed by atoms with Gasteiger partial charge in [-0.2, -0.15) is 0 Å². The topological polar surface area (TPSA) is 110 Å². The molecule has 0 radical (unpaired) electrons. The zero-order chi connectivity index (χ0) is 25.2. The van der Waals surface area contributed by atoms with E-state index in [0.29, 0.717) is 39.3 Å². The Bertz CT molecular complexity index is 565. The molecule has 0 unspecified atom stereocenters. The Morgan fingerprint density at radius 2 is 1.14 bits per heavy atom. The molecule has 1 N–H and O–H groups in total. The second-order valence-electron chi connectivity index (χ2n) is 9.74. The third kappa shape index (κ3) is 13.0. The van der Waals surface area contributed by atoms with Crippen molar-refractivity contribution in [2.75, 3.05) is 46.8 Å². The van der Waals surface area contributed by atoms with Crippen LogP contribution in [0.5, 0.6) is 0 Å². The standard InChI is InChI=1S/C26H46O9/c1-30-22(28)12-8-4-2-6-10-14-24-32-18-26(19-33-24)20-34-25(35-21-26)15-11-7-3-5-9-13-23(29)31-17-16-27/h24-25,27H,2-21H2,1H3. The van der Waals surface area contributed by atoms with Crippen LogP contribution in [0.15, 0.2) is 0 Å². The van der Waals surface area contributed by atoms with Crippen molar-refractivity contribution < 1.29 is 43.1 Å². The molecule has 2 aliphatic rings. The maximum Gasteiger partial charge on any atom is 0.305 e. The van der Waals surface area contributed by atoms with Crippen LogP contribution >= 0.6 is 0 Å². The molecule has 9 nitrogen and oxygen atoms in total. The molecule has 0 aromatic heterocycles. The number of hydrogen-bond acceptors (Lipinski definition) is 9. The second kappa shape index (κ2) is 18.1. The van der Waals surface area contributed by atoms with Gasteiger partial charge in [0.05, 0.1) is 45.6 Å². The van der Waals surface area contributed by atoms with Crippen LogP contribution in [-0.2, 0) is 38.0 Å². The smallest absolute Gasteiger partial charge is 0.305 e. The maximum atomic E-state index is 11.4. The van der Waals surface area contributed by atoms with Gasteiger partial charge in [0.15, 0.2) is 12.6 Å². The van der Waals surface area contributed by atoms with Gasteiger partial charge in [-0.1, -0.05) is 38.5 Å². The third-order valence-corrected chi connectivity index (χ3v) is 6.53. The number of esters is 2. The Labute approximate surface area is 210 Å². The van der Waals surface area contributed by atoms with Gasteiger partial charge < -0.3 is 33.5 Å². The monoisotopic (exact) mass is 502 g/mol. The van der Waals surface area contributed by atoms with Gasteiger partial charge in [-0.3, -0.25) is 9.59 Å². The van der Waals surface area contributed by atoms with Crippen LogP contribution < -0.4 is 0 Å². The molecule has 1 spiro atoms. The first-order valence-electron chi connectivity index (χ1n) is 13.4. The molecule has 0 aliphatic carbocycles. The van der Waals surface area contributed by atoms with Crippen LogP contribution in [0.2, 0.25) is 0 Å². The number of hydrogen-bond donors (Lipinski definition) is 1. The fourth-order valence-electron chi connectivity index (χ4n) is 4.31. The van der Waals surface area contributed by atoms with E-state index < -0.39 is 0 Å². The Morgan fingerprint density at radius 3 is 1.60 bits per heavy atom. The minimum atomic E-state index is -0.233. The summed E-state index contributed by atoms with van der Waals surface area (Å²) in [5.74, 6) is -0.364. The minimum absolute atomic E-state index is 0.0855. The van der Waals surface area contributed by atoms with Crippen molar-refractivity contribution >= 4 is 11.9 Å². The molecule has 2 aliphatic heterocycles. The molecule has 0 saturated carbocycles. The molecule has 0 atom stereocenters. The van der Waals surface area contributed by atoms with Crippen LogP contribution in [0.1, 0.15) is 89.9 Å². The molecule has 0 aromatic rings. The van der Waals surface area contributed by atoms with Crippen LogP contribution in [-0.4, -0.2) is 76.4 Å². The SMILES string of the molecule is COC(=O)CCCCCCCC1OCC2(CO1)COC(CCCCCCCC(=O)OCCO)OC2. The van der Waals surface area contributed by atoms with Crippen molar-refractivity contribution in [3.05, 3.63) is 0 Å². The number of aliphatic hydroxyl groups is 1. The molecular weight excluding hydrogens is 456 g/mol. The summed E-state index contributed by atoms with van der Waals surface area (Å²) in [6.07, 6.45) is 12.6. The van der Waals surface area contributed by atoms with Crippen LogP contribution in [0.25, 0.3) is 0 Å². The molecule has 35 heavy (non-hydrogen) atoms. The largest absolute Gasteiger partial charge is 0.469 e. The van der Waals surface area contributed by atoms with Gasteiger partial charge in [-0.05, 0) is 38.5 Å². The van der Waals surface area contributed by atoms with Crippen molar-refractivity contribution in [3.8, 4) is 0 Å². The number of unbranched alkanes of at least 4 members (excludes halogenated alkanes) is 8. The van der Waals surface area contributed by atoms with E-state index in [4.69, 9.17) is 28.8 Å². The van der Waals surface area contributed by atoms with Crippen molar-refractivity contribution in [2.24, 2.45) is 5.41 Å². The fourth-order valence-corrected chi connectivity index (χ4v) is 4.31. The summed E-state index contributed by atoms with van der Waals surface area (Å²) < 4.78 is 33.4. The Kier molecular flexibility index (Phi) is 15.5. The molecule has 204 valence electrons. The maximum absolute atomic E-state index is 11.4. The van der Waals surface area contributed by atoms with Gasteiger partial charge in [0.25, 0.3) is 0 Å². The number of ether oxygens (including phenoxy) is 6. The zero-order valence-electron chi connectivity index (χ0n) is 21.5. The van der Waals surface area contributed by atoms with Crippen molar-refractivity contribution in [1.29, 1.82) is 0 Å². The summed E-state index contributed by atoms with van der Waals surface area (Å²) in [5, 5.41) is 8.63. The zero-order valence-corrected chi connectivity index (χ0v) is 21.5. The molecule has 2 rings (SSSR count). The fraction of sp³-hybridized carbons (Fsp3) is 0.923. The molecule has 0 bridgehead atoms. The highest BCUT2D eigenvalue weighted by Crippen LogP contribution is 2.32. The van der Waals surface area contributed by atoms with Gasteiger partial charge in [0.2, 0.25) is 0 Å². The predicted molar refractivity (Wildman–Crippen MR) is 129 cm³/mol. The number of methoxy groups -OCH3 is 1. The van der Waals surface area contributed by atoms with Gasteiger partial charge in [0.1, 0.15) is 6.61 Å². The van der Waals surface area contributed by atoms with E-state index in [0.717, 1.165) is 77.0 Å². The van der Waals surface area contributed by atoms with Crippen molar-refractivity contribution in [3.63, 3.8) is 0 Å². The van der Waals surface area contributed by atoms with Crippen LogP contribution in [0, 0.1) is 5.41 Å². The summed E-state index contributed by atoms with van der Waals surface area (Å²) in [5.41, 5.74) is -0.203. The van der Waals surface area contributed by atoms with Crippen molar-refractivity contribution in [2.45, 2.75) is 102 Å². The van der Waals surface area contributed by atoms with E-state index in [2.05, 4.69) is 4.74 Å². The number of rotatable bonds is 18. The summed E-state index contributed by atoms with van der Waals surface area (Å²) in [7, 11) is 1.43.